The second-order valence-corrected chi connectivity index (χ2v) is 6.00. The average molecular weight is 324 g/mol. The van der Waals surface area contributed by atoms with E-state index in [1.54, 1.807) is 0 Å². The van der Waals surface area contributed by atoms with Crippen LogP contribution in [0.3, 0.4) is 0 Å². The second-order valence-electron chi connectivity index (χ2n) is 4.59. The standard InChI is InChI=1S/C13H14BrClF2/c14-10-5-6-12(16)9(13(10)17)7-8-3-1-2-4-11(8)15/h5-6,8,11H,1-4,7H2. The highest BCUT2D eigenvalue weighted by Crippen LogP contribution is 2.33. The SMILES string of the molecule is Fc1ccc(Br)c(F)c1CC1CCCCC1Cl. The summed E-state index contributed by atoms with van der Waals surface area (Å²) in [5, 5.41) is 0.0431. The molecule has 1 saturated carbocycles. The molecule has 4 heteroatoms. The molecule has 0 spiro atoms. The molecule has 0 saturated heterocycles. The van der Waals surface area contributed by atoms with E-state index in [2.05, 4.69) is 15.9 Å². The first kappa shape index (κ1) is 13.3. The van der Waals surface area contributed by atoms with Gasteiger partial charge in [-0.1, -0.05) is 12.8 Å². The summed E-state index contributed by atoms with van der Waals surface area (Å²) in [6.07, 6.45) is 4.52. The molecule has 0 nitrogen and oxygen atoms in total. The Hall–Kier alpha value is -0.150. The highest BCUT2D eigenvalue weighted by molar-refractivity contribution is 9.10. The highest BCUT2D eigenvalue weighted by atomic mass is 79.9. The molecule has 0 bridgehead atoms. The van der Waals surface area contributed by atoms with E-state index in [0.29, 0.717) is 10.9 Å². The Morgan fingerprint density at radius 1 is 1.24 bits per heavy atom. The van der Waals surface area contributed by atoms with E-state index < -0.39 is 11.6 Å². The summed E-state index contributed by atoms with van der Waals surface area (Å²) in [5.74, 6) is -0.775. The van der Waals surface area contributed by atoms with Crippen molar-refractivity contribution < 1.29 is 8.78 Å². The Balaban J connectivity index is 2.20. The number of rotatable bonds is 2. The molecule has 0 aromatic heterocycles. The van der Waals surface area contributed by atoms with Crippen LogP contribution < -0.4 is 0 Å². The Morgan fingerprint density at radius 3 is 2.65 bits per heavy atom. The van der Waals surface area contributed by atoms with Gasteiger partial charge in [-0.25, -0.2) is 8.78 Å². The molecule has 2 unspecified atom stereocenters. The normalized spacial score (nSPS) is 24.9. The van der Waals surface area contributed by atoms with Crippen molar-refractivity contribution in [2.24, 2.45) is 5.92 Å². The van der Waals surface area contributed by atoms with Crippen LogP contribution in [-0.4, -0.2) is 5.38 Å². The molecule has 1 aromatic carbocycles. The van der Waals surface area contributed by atoms with Crippen LogP contribution in [0.2, 0.25) is 0 Å². The van der Waals surface area contributed by atoms with Crippen molar-refractivity contribution in [3.05, 3.63) is 33.8 Å². The summed E-state index contributed by atoms with van der Waals surface area (Å²) in [6.45, 7) is 0. The highest BCUT2D eigenvalue weighted by Gasteiger charge is 2.26. The molecule has 1 aliphatic carbocycles. The molecule has 2 rings (SSSR count). The Kier molecular flexibility index (Phi) is 4.42. The van der Waals surface area contributed by atoms with E-state index in [0.717, 1.165) is 25.7 Å². The minimum absolute atomic E-state index is 0.0431. The van der Waals surface area contributed by atoms with E-state index >= 15 is 0 Å². The molecule has 2 atom stereocenters. The van der Waals surface area contributed by atoms with Crippen LogP contribution >= 0.6 is 27.5 Å². The maximum Gasteiger partial charge on any atom is 0.143 e. The molecule has 1 aromatic rings. The summed E-state index contributed by atoms with van der Waals surface area (Å²) in [5.41, 5.74) is 0.164. The summed E-state index contributed by atoms with van der Waals surface area (Å²) in [4.78, 5) is 0. The van der Waals surface area contributed by atoms with Crippen molar-refractivity contribution in [3.63, 3.8) is 0 Å². The first-order valence-electron chi connectivity index (χ1n) is 5.86. The lowest BCUT2D eigenvalue weighted by Crippen LogP contribution is -2.22. The van der Waals surface area contributed by atoms with Crippen molar-refractivity contribution in [3.8, 4) is 0 Å². The topological polar surface area (TPSA) is 0 Å². The second kappa shape index (κ2) is 5.66. The van der Waals surface area contributed by atoms with Gasteiger partial charge in [0.2, 0.25) is 0 Å². The number of benzene rings is 1. The quantitative estimate of drug-likeness (QED) is 0.527. The number of halogens is 4. The van der Waals surface area contributed by atoms with Gasteiger partial charge < -0.3 is 0 Å². The van der Waals surface area contributed by atoms with E-state index in [9.17, 15) is 8.78 Å². The molecule has 94 valence electrons. The van der Waals surface area contributed by atoms with Gasteiger partial charge in [0.1, 0.15) is 11.6 Å². The van der Waals surface area contributed by atoms with Crippen molar-refractivity contribution in [1.29, 1.82) is 0 Å². The molecule has 1 aliphatic rings. The van der Waals surface area contributed by atoms with Crippen LogP contribution in [0.25, 0.3) is 0 Å². The lowest BCUT2D eigenvalue weighted by molar-refractivity contribution is 0.355. The van der Waals surface area contributed by atoms with E-state index in [-0.39, 0.29) is 16.9 Å². The largest absolute Gasteiger partial charge is 0.207 e. The summed E-state index contributed by atoms with van der Waals surface area (Å²) >= 11 is 9.31. The minimum atomic E-state index is -0.487. The molecule has 17 heavy (non-hydrogen) atoms. The first-order valence-corrected chi connectivity index (χ1v) is 7.09. The molecular weight excluding hydrogens is 309 g/mol. The first-order chi connectivity index (χ1) is 8.09. The van der Waals surface area contributed by atoms with Crippen LogP contribution in [0.4, 0.5) is 8.78 Å². The van der Waals surface area contributed by atoms with Crippen LogP contribution in [0.15, 0.2) is 16.6 Å². The summed E-state index contributed by atoms with van der Waals surface area (Å²) < 4.78 is 27.7. The average Bonchev–Trinajstić information content (AvgIpc) is 2.32. The van der Waals surface area contributed by atoms with Gasteiger partial charge in [-0.05, 0) is 53.2 Å². The zero-order valence-corrected chi connectivity index (χ0v) is 11.7. The van der Waals surface area contributed by atoms with E-state index in [1.165, 1.54) is 12.1 Å². The molecule has 0 radical (unpaired) electrons. The maximum atomic E-state index is 13.8. The Labute approximate surface area is 113 Å². The van der Waals surface area contributed by atoms with Crippen LogP contribution in [0.5, 0.6) is 0 Å². The van der Waals surface area contributed by atoms with Crippen molar-refractivity contribution in [2.45, 2.75) is 37.5 Å². The molecule has 0 N–H and O–H groups in total. The van der Waals surface area contributed by atoms with Crippen molar-refractivity contribution >= 4 is 27.5 Å². The fourth-order valence-electron chi connectivity index (χ4n) is 2.41. The lowest BCUT2D eigenvalue weighted by Gasteiger charge is -2.27. The third kappa shape index (κ3) is 3.00. The zero-order valence-electron chi connectivity index (χ0n) is 9.36. The van der Waals surface area contributed by atoms with Gasteiger partial charge in [-0.15, -0.1) is 11.6 Å². The number of hydrogen-bond donors (Lipinski definition) is 0. The molecule has 0 aliphatic heterocycles. The van der Waals surface area contributed by atoms with Crippen LogP contribution in [0, 0.1) is 17.6 Å². The van der Waals surface area contributed by atoms with Gasteiger partial charge in [0.05, 0.1) is 4.47 Å². The molecular formula is C13H14BrClF2. The van der Waals surface area contributed by atoms with Gasteiger partial charge in [0, 0.05) is 10.9 Å². The Bertz CT molecular complexity index is 409. The van der Waals surface area contributed by atoms with E-state index in [4.69, 9.17) is 11.6 Å². The Morgan fingerprint density at radius 2 is 1.94 bits per heavy atom. The van der Waals surface area contributed by atoms with Gasteiger partial charge in [-0.2, -0.15) is 0 Å². The predicted octanol–water partition coefficient (Wildman–Crippen LogP) is 5.07. The van der Waals surface area contributed by atoms with Gasteiger partial charge >= 0.3 is 0 Å². The molecule has 0 amide bonds. The lowest BCUT2D eigenvalue weighted by atomic mass is 9.84. The number of hydrogen-bond acceptors (Lipinski definition) is 0. The third-order valence-electron chi connectivity index (χ3n) is 3.42. The van der Waals surface area contributed by atoms with Crippen LogP contribution in [0.1, 0.15) is 31.2 Å². The van der Waals surface area contributed by atoms with E-state index in [1.807, 2.05) is 0 Å². The molecule has 1 fully saturated rings. The fourth-order valence-corrected chi connectivity index (χ4v) is 3.15. The van der Waals surface area contributed by atoms with Gasteiger partial charge in [-0.3, -0.25) is 0 Å². The third-order valence-corrected chi connectivity index (χ3v) is 4.61. The monoisotopic (exact) mass is 322 g/mol. The predicted molar refractivity (Wildman–Crippen MR) is 69.4 cm³/mol. The molecule has 0 heterocycles. The van der Waals surface area contributed by atoms with Crippen molar-refractivity contribution in [1.82, 2.24) is 0 Å². The number of alkyl halides is 1. The zero-order chi connectivity index (χ0) is 12.4. The fraction of sp³-hybridized carbons (Fsp3) is 0.538. The summed E-state index contributed by atoms with van der Waals surface area (Å²) in [6, 6.07) is 2.70. The van der Waals surface area contributed by atoms with Crippen LogP contribution in [-0.2, 0) is 6.42 Å². The van der Waals surface area contributed by atoms with Gasteiger partial charge in [0.15, 0.2) is 0 Å². The smallest absolute Gasteiger partial charge is 0.143 e. The van der Waals surface area contributed by atoms with Crippen molar-refractivity contribution in [2.75, 3.05) is 0 Å². The summed E-state index contributed by atoms with van der Waals surface area (Å²) in [7, 11) is 0. The maximum absolute atomic E-state index is 13.8. The minimum Gasteiger partial charge on any atom is -0.207 e. The van der Waals surface area contributed by atoms with Gasteiger partial charge in [0.25, 0.3) is 0 Å².